The van der Waals surface area contributed by atoms with Gasteiger partial charge in [-0.15, -0.1) is 0 Å². The Hall–Kier alpha value is -1.69. The van der Waals surface area contributed by atoms with Crippen molar-refractivity contribution in [3.8, 4) is 5.69 Å². The van der Waals surface area contributed by atoms with Crippen LogP contribution in [-0.2, 0) is 6.54 Å². The van der Waals surface area contributed by atoms with Gasteiger partial charge in [-0.05, 0) is 63.7 Å². The smallest absolute Gasteiger partial charge is 0.0786 e. The Bertz CT molecular complexity index is 623. The molecular weight excluding hydrogens is 300 g/mol. The zero-order valence-corrected chi connectivity index (χ0v) is 14.7. The third-order valence-corrected chi connectivity index (χ3v) is 4.73. The van der Waals surface area contributed by atoms with Crippen LogP contribution in [0.15, 0.2) is 42.7 Å². The molecule has 5 nitrogen and oxygen atoms in total. The van der Waals surface area contributed by atoms with Crippen LogP contribution < -0.4 is 0 Å². The molecule has 1 aliphatic rings. The third kappa shape index (κ3) is 4.44. The van der Waals surface area contributed by atoms with E-state index >= 15 is 0 Å². The van der Waals surface area contributed by atoms with E-state index in [1.165, 1.54) is 5.56 Å². The molecule has 1 aromatic heterocycles. The summed E-state index contributed by atoms with van der Waals surface area (Å²) in [4.78, 5) is 4.54. The molecule has 24 heavy (non-hydrogen) atoms. The Morgan fingerprint density at radius 1 is 1.17 bits per heavy atom. The van der Waals surface area contributed by atoms with Crippen LogP contribution in [0.5, 0.6) is 0 Å². The van der Waals surface area contributed by atoms with E-state index < -0.39 is 5.60 Å². The summed E-state index contributed by atoms with van der Waals surface area (Å²) in [7, 11) is 4.06. The van der Waals surface area contributed by atoms with Crippen LogP contribution in [0.4, 0.5) is 0 Å². The fourth-order valence-electron chi connectivity index (χ4n) is 3.57. The van der Waals surface area contributed by atoms with Crippen molar-refractivity contribution in [1.29, 1.82) is 0 Å². The van der Waals surface area contributed by atoms with Crippen molar-refractivity contribution in [3.63, 3.8) is 0 Å². The van der Waals surface area contributed by atoms with Gasteiger partial charge in [0.25, 0.3) is 0 Å². The van der Waals surface area contributed by atoms with Gasteiger partial charge in [-0.2, -0.15) is 5.10 Å². The maximum absolute atomic E-state index is 10.8. The Balaban J connectivity index is 1.58. The van der Waals surface area contributed by atoms with Crippen LogP contribution in [-0.4, -0.2) is 64.0 Å². The lowest BCUT2D eigenvalue weighted by Crippen LogP contribution is -2.40. The number of hydrogen-bond acceptors (Lipinski definition) is 4. The zero-order chi connectivity index (χ0) is 17.0. The predicted octanol–water partition coefficient (Wildman–Crippen LogP) is 2.15. The molecule has 1 saturated heterocycles. The average Bonchev–Trinajstić information content (AvgIpc) is 3.01. The van der Waals surface area contributed by atoms with E-state index in [1.54, 1.807) is 6.20 Å². The summed E-state index contributed by atoms with van der Waals surface area (Å²) in [6, 6.07) is 10.5. The Kier molecular flexibility index (Phi) is 5.33. The Labute approximate surface area is 144 Å². The van der Waals surface area contributed by atoms with Crippen LogP contribution in [0.3, 0.4) is 0 Å². The minimum atomic E-state index is -0.539. The molecule has 5 heteroatoms. The molecule has 1 aliphatic heterocycles. The largest absolute Gasteiger partial charge is 0.389 e. The molecule has 3 rings (SSSR count). The summed E-state index contributed by atoms with van der Waals surface area (Å²) in [5.74, 6) is 0. The average molecular weight is 328 g/mol. The van der Waals surface area contributed by atoms with Gasteiger partial charge in [0.1, 0.15) is 0 Å². The summed E-state index contributed by atoms with van der Waals surface area (Å²) in [5, 5.41) is 15.0. The van der Waals surface area contributed by atoms with Crippen molar-refractivity contribution in [2.24, 2.45) is 0 Å². The fourth-order valence-corrected chi connectivity index (χ4v) is 3.57. The van der Waals surface area contributed by atoms with Gasteiger partial charge in [0.15, 0.2) is 0 Å². The molecule has 2 aromatic rings. The van der Waals surface area contributed by atoms with Crippen molar-refractivity contribution in [3.05, 3.63) is 48.3 Å². The number of rotatable bonds is 5. The van der Waals surface area contributed by atoms with Gasteiger partial charge in [0, 0.05) is 32.0 Å². The molecule has 0 bridgehead atoms. The number of nitrogens with zero attached hydrogens (tertiary/aromatic N) is 4. The maximum Gasteiger partial charge on any atom is 0.0786 e. The van der Waals surface area contributed by atoms with Crippen molar-refractivity contribution < 1.29 is 5.11 Å². The molecule has 1 atom stereocenters. The summed E-state index contributed by atoms with van der Waals surface area (Å²) in [6.45, 7) is 3.69. The highest BCUT2D eigenvalue weighted by Crippen LogP contribution is 2.24. The van der Waals surface area contributed by atoms with Gasteiger partial charge in [-0.3, -0.25) is 4.90 Å². The van der Waals surface area contributed by atoms with Crippen LogP contribution in [0.25, 0.3) is 5.69 Å². The van der Waals surface area contributed by atoms with Crippen molar-refractivity contribution in [1.82, 2.24) is 19.6 Å². The van der Waals surface area contributed by atoms with Crippen molar-refractivity contribution in [2.45, 2.75) is 31.4 Å². The third-order valence-electron chi connectivity index (χ3n) is 4.73. The predicted molar refractivity (Wildman–Crippen MR) is 96.2 cm³/mol. The number of aromatic nitrogens is 2. The summed E-state index contributed by atoms with van der Waals surface area (Å²) in [6.07, 6.45) is 6.53. The molecular formula is C19H28N4O. The first-order valence-corrected chi connectivity index (χ1v) is 8.73. The second-order valence-corrected chi connectivity index (χ2v) is 7.21. The van der Waals surface area contributed by atoms with E-state index in [0.29, 0.717) is 0 Å². The molecule has 0 radical (unpaired) electrons. The summed E-state index contributed by atoms with van der Waals surface area (Å²) in [5.41, 5.74) is 1.85. The molecule has 2 heterocycles. The van der Waals surface area contributed by atoms with Crippen LogP contribution in [0, 0.1) is 0 Å². The van der Waals surface area contributed by atoms with Gasteiger partial charge in [-0.25, -0.2) is 4.68 Å². The van der Waals surface area contributed by atoms with E-state index in [9.17, 15) is 5.11 Å². The van der Waals surface area contributed by atoms with Gasteiger partial charge in [-0.1, -0.05) is 12.1 Å². The fraction of sp³-hybridized carbons (Fsp3) is 0.526. The minimum Gasteiger partial charge on any atom is -0.389 e. The highest BCUT2D eigenvalue weighted by Gasteiger charge is 2.30. The monoisotopic (exact) mass is 328 g/mol. The quantitative estimate of drug-likeness (QED) is 0.913. The van der Waals surface area contributed by atoms with E-state index in [4.69, 9.17) is 0 Å². The first kappa shape index (κ1) is 17.1. The van der Waals surface area contributed by atoms with Crippen LogP contribution in [0.1, 0.15) is 24.8 Å². The zero-order valence-electron chi connectivity index (χ0n) is 14.7. The number of hydrogen-bond donors (Lipinski definition) is 1. The van der Waals surface area contributed by atoms with Crippen LogP contribution >= 0.6 is 0 Å². The number of likely N-dealkylation sites (N-methyl/N-ethyl adjacent to an activating group) is 1. The highest BCUT2D eigenvalue weighted by atomic mass is 16.3. The molecule has 1 fully saturated rings. The van der Waals surface area contributed by atoms with Gasteiger partial charge in [0.2, 0.25) is 0 Å². The van der Waals surface area contributed by atoms with Gasteiger partial charge < -0.3 is 10.0 Å². The molecule has 1 unspecified atom stereocenters. The minimum absolute atomic E-state index is 0.539. The lowest BCUT2D eigenvalue weighted by Gasteiger charge is -2.30. The lowest BCUT2D eigenvalue weighted by atomic mass is 9.94. The SMILES string of the molecule is CN(C)CC1(O)CCCN(Cc2ccc(-n3cccn3)cc2)CC1. The standard InChI is InChI=1S/C19H28N4O/c1-21(2)16-19(24)9-3-12-22(14-10-19)15-17-5-7-18(8-6-17)23-13-4-11-20-23/h4-8,11,13,24H,3,9-10,12,14-16H2,1-2H3. The molecule has 0 saturated carbocycles. The molecule has 130 valence electrons. The van der Waals surface area contributed by atoms with Gasteiger partial charge >= 0.3 is 0 Å². The molecule has 0 spiro atoms. The van der Waals surface area contributed by atoms with Crippen molar-refractivity contribution in [2.75, 3.05) is 33.7 Å². The normalized spacial score (nSPS) is 22.7. The molecule has 0 amide bonds. The summed E-state index contributed by atoms with van der Waals surface area (Å²) >= 11 is 0. The first-order valence-electron chi connectivity index (χ1n) is 8.73. The Morgan fingerprint density at radius 2 is 1.96 bits per heavy atom. The van der Waals surface area contributed by atoms with E-state index in [-0.39, 0.29) is 0 Å². The highest BCUT2D eigenvalue weighted by molar-refractivity contribution is 5.33. The van der Waals surface area contributed by atoms with E-state index in [0.717, 1.165) is 51.1 Å². The number of likely N-dealkylation sites (tertiary alicyclic amines) is 1. The maximum atomic E-state index is 10.8. The molecule has 0 aliphatic carbocycles. The first-order chi connectivity index (χ1) is 11.5. The van der Waals surface area contributed by atoms with E-state index in [1.807, 2.05) is 31.0 Å². The Morgan fingerprint density at radius 3 is 2.62 bits per heavy atom. The second-order valence-electron chi connectivity index (χ2n) is 7.21. The second kappa shape index (κ2) is 7.47. The lowest BCUT2D eigenvalue weighted by molar-refractivity contribution is 0.00258. The van der Waals surface area contributed by atoms with Gasteiger partial charge in [0.05, 0.1) is 11.3 Å². The van der Waals surface area contributed by atoms with E-state index in [2.05, 4.69) is 39.2 Å². The van der Waals surface area contributed by atoms with Crippen LogP contribution in [0.2, 0.25) is 0 Å². The number of aliphatic hydroxyl groups is 1. The van der Waals surface area contributed by atoms with Crippen molar-refractivity contribution >= 4 is 0 Å². The number of benzene rings is 1. The summed E-state index contributed by atoms with van der Waals surface area (Å²) < 4.78 is 1.87. The molecule has 1 aromatic carbocycles. The molecule has 1 N–H and O–H groups in total. The topological polar surface area (TPSA) is 44.5 Å².